The topological polar surface area (TPSA) is 59.0 Å². The predicted molar refractivity (Wildman–Crippen MR) is 108 cm³/mol. The fourth-order valence-corrected chi connectivity index (χ4v) is 9.53. The quantitative estimate of drug-likeness (QED) is 0.546. The molecule has 0 aliphatic heterocycles. The number of rotatable bonds is 12. The number of amides is 1. The maximum absolute atomic E-state index is 12.9. The van der Waals surface area contributed by atoms with Crippen LogP contribution in [0.1, 0.15) is 6.42 Å². The van der Waals surface area contributed by atoms with Crippen molar-refractivity contribution < 1.29 is 23.1 Å². The lowest BCUT2D eigenvalue weighted by Crippen LogP contribution is -2.46. The zero-order valence-corrected chi connectivity index (χ0v) is 18.3. The van der Waals surface area contributed by atoms with Gasteiger partial charge < -0.3 is 18.9 Å². The Balaban J connectivity index is 2.61. The minimum Gasteiger partial charge on any atom is -0.396 e. The summed E-state index contributed by atoms with van der Waals surface area (Å²) in [4.78, 5) is 13.5. The molecule has 0 radical (unpaired) electrons. The monoisotopic (exact) mass is 401 g/mol. The summed E-state index contributed by atoms with van der Waals surface area (Å²) in [6.07, 6.45) is 0.783. The summed E-state index contributed by atoms with van der Waals surface area (Å²) in [5.41, 5.74) is 0.736. The molecule has 0 saturated heterocycles. The van der Waals surface area contributed by atoms with Crippen molar-refractivity contribution in [3.05, 3.63) is 30.3 Å². The molecule has 0 unspecified atom stereocenters. The van der Waals surface area contributed by atoms with Crippen molar-refractivity contribution in [1.29, 1.82) is 0 Å². The smallest absolute Gasteiger partial charge is 0.363 e. The van der Waals surface area contributed by atoms with Crippen LogP contribution < -0.4 is 4.90 Å². The zero-order chi connectivity index (χ0) is 19.6. The first kappa shape index (κ1) is 23.0. The zero-order valence-electron chi connectivity index (χ0n) is 16.3. The van der Waals surface area contributed by atoms with Gasteiger partial charge in [0.25, 0.3) is 5.91 Å². The number of hydrogen-bond acceptors (Lipinski definition) is 4. The molecule has 1 rings (SSSR count). The van der Waals surface area contributed by atoms with Crippen LogP contribution in [0.15, 0.2) is 30.3 Å². The Labute approximate surface area is 158 Å². The van der Waals surface area contributed by atoms with Crippen molar-refractivity contribution in [3.8, 4) is 0 Å². The van der Waals surface area contributed by atoms with Gasteiger partial charge in [-0.05, 0) is 24.6 Å². The third-order valence-electron chi connectivity index (χ3n) is 4.89. The Kier molecular flexibility index (Phi) is 9.66. The average Bonchev–Trinajstić information content (AvgIpc) is 2.67. The number of alkyl halides is 1. The Morgan fingerprint density at radius 3 is 2.23 bits per heavy atom. The molecule has 0 spiro atoms. The second kappa shape index (κ2) is 10.9. The molecule has 1 amide bonds. The molecule has 0 atom stereocenters. The predicted octanol–water partition coefficient (Wildman–Crippen LogP) is 3.35. The molecule has 0 fully saturated rings. The van der Waals surface area contributed by atoms with Gasteiger partial charge in [0, 0.05) is 34.5 Å². The van der Waals surface area contributed by atoms with E-state index in [1.165, 1.54) is 4.90 Å². The van der Waals surface area contributed by atoms with Crippen LogP contribution in [-0.2, 0) is 13.6 Å². The summed E-state index contributed by atoms with van der Waals surface area (Å²) in [6, 6.07) is 12.0. The van der Waals surface area contributed by atoms with Gasteiger partial charge in [-0.15, -0.1) is 0 Å². The summed E-state index contributed by atoms with van der Waals surface area (Å²) >= 11 is 0. The highest BCUT2D eigenvalue weighted by Crippen LogP contribution is 2.26. The average molecular weight is 402 g/mol. The highest BCUT2D eigenvalue weighted by Gasteiger charge is 2.37. The summed E-state index contributed by atoms with van der Waals surface area (Å²) < 4.78 is 23.9. The molecule has 1 aromatic rings. The number of nitrogens with zero attached hydrogens (tertiary/aromatic N) is 1. The van der Waals surface area contributed by atoms with Gasteiger partial charge in [0.2, 0.25) is 0 Å². The third-order valence-corrected chi connectivity index (χ3v) is 11.7. The van der Waals surface area contributed by atoms with Crippen LogP contribution in [0.2, 0.25) is 31.2 Å². The molecule has 148 valence electrons. The number of hydrogen-bond donors (Lipinski definition) is 1. The van der Waals surface area contributed by atoms with Crippen LogP contribution in [0.5, 0.6) is 0 Å². The van der Waals surface area contributed by atoms with Gasteiger partial charge in [0.1, 0.15) is 0 Å². The molecule has 8 heteroatoms. The molecular formula is C18H32FNO4Si2. The fraction of sp³-hybridized carbons (Fsp3) is 0.611. The molecule has 0 heterocycles. The summed E-state index contributed by atoms with van der Waals surface area (Å²) in [7, 11) is -0.835. The van der Waals surface area contributed by atoms with Crippen molar-refractivity contribution in [2.75, 3.05) is 38.6 Å². The molecular weight excluding hydrogens is 369 g/mol. The van der Waals surface area contributed by atoms with Gasteiger partial charge in [0.15, 0.2) is 6.67 Å². The van der Waals surface area contributed by atoms with Gasteiger partial charge in [0.05, 0.1) is 6.23 Å². The van der Waals surface area contributed by atoms with Crippen LogP contribution in [-0.4, -0.2) is 61.3 Å². The third kappa shape index (κ3) is 6.92. The van der Waals surface area contributed by atoms with Crippen molar-refractivity contribution >= 4 is 28.2 Å². The second-order valence-corrected chi connectivity index (χ2v) is 16.0. The molecule has 0 bridgehead atoms. The van der Waals surface area contributed by atoms with Crippen LogP contribution in [0.4, 0.5) is 10.1 Å². The number of carbonyl (C=O) groups excluding carboxylic acids is 1. The first-order chi connectivity index (χ1) is 12.3. The number of halogens is 1. The summed E-state index contributed by atoms with van der Waals surface area (Å²) in [6.45, 7) is 4.11. The molecule has 5 nitrogen and oxygen atoms in total. The van der Waals surface area contributed by atoms with E-state index < -0.39 is 29.2 Å². The van der Waals surface area contributed by atoms with Gasteiger partial charge in [-0.2, -0.15) is 0 Å². The molecule has 1 N–H and O–H groups in total. The van der Waals surface area contributed by atoms with E-state index >= 15 is 0 Å². The Hall–Kier alpha value is -1.07. The molecule has 0 aliphatic rings. The molecule has 0 aromatic heterocycles. The SMILES string of the molecule is CO[Si](CO)(CC[Si](C)(C)CCCN(C(=O)CF)c1ccccc1)OC. The first-order valence-electron chi connectivity index (χ1n) is 8.95. The molecule has 1 aromatic carbocycles. The van der Waals surface area contributed by atoms with E-state index in [0.717, 1.165) is 30.2 Å². The number of anilines is 1. The van der Waals surface area contributed by atoms with Crippen molar-refractivity contribution in [1.82, 2.24) is 0 Å². The van der Waals surface area contributed by atoms with Crippen molar-refractivity contribution in [3.63, 3.8) is 0 Å². The fourth-order valence-electron chi connectivity index (χ4n) is 2.94. The number of aliphatic hydroxyl groups is 1. The van der Waals surface area contributed by atoms with Crippen LogP contribution >= 0.6 is 0 Å². The highest BCUT2D eigenvalue weighted by atomic mass is 28.4. The number of para-hydroxylation sites is 1. The molecule has 26 heavy (non-hydrogen) atoms. The van der Waals surface area contributed by atoms with Crippen LogP contribution in [0, 0.1) is 0 Å². The summed E-state index contributed by atoms with van der Waals surface area (Å²) in [5, 5.41) is 9.58. The van der Waals surface area contributed by atoms with E-state index in [1.807, 2.05) is 30.3 Å². The Morgan fingerprint density at radius 1 is 1.12 bits per heavy atom. The van der Waals surface area contributed by atoms with E-state index in [9.17, 15) is 14.3 Å². The van der Waals surface area contributed by atoms with Crippen molar-refractivity contribution in [2.45, 2.75) is 37.6 Å². The Bertz CT molecular complexity index is 533. The lowest BCUT2D eigenvalue weighted by atomic mass is 10.2. The maximum Gasteiger partial charge on any atom is 0.363 e. The van der Waals surface area contributed by atoms with Crippen LogP contribution in [0.3, 0.4) is 0 Å². The molecule has 0 aliphatic carbocycles. The van der Waals surface area contributed by atoms with E-state index in [0.29, 0.717) is 6.54 Å². The maximum atomic E-state index is 12.9. The number of aliphatic hydroxyl groups excluding tert-OH is 1. The van der Waals surface area contributed by atoms with E-state index in [2.05, 4.69) is 13.1 Å². The lowest BCUT2D eigenvalue weighted by molar-refractivity contribution is -0.119. The standard InChI is InChI=1S/C18H32FNO4Si2/c1-23-26(16-21,24-2)14-13-25(3,4)12-8-11-20(18(22)15-19)17-9-6-5-7-10-17/h5-7,9-10,21H,8,11-16H2,1-4H3. The summed E-state index contributed by atoms with van der Waals surface area (Å²) in [5.74, 6) is -0.499. The number of benzene rings is 1. The second-order valence-electron chi connectivity index (χ2n) is 7.26. The van der Waals surface area contributed by atoms with Gasteiger partial charge in [-0.3, -0.25) is 4.79 Å². The van der Waals surface area contributed by atoms with Crippen LogP contribution in [0.25, 0.3) is 0 Å². The van der Waals surface area contributed by atoms with Gasteiger partial charge in [-0.25, -0.2) is 4.39 Å². The highest BCUT2D eigenvalue weighted by molar-refractivity contribution is 6.79. The van der Waals surface area contributed by atoms with E-state index in [1.54, 1.807) is 14.2 Å². The first-order valence-corrected chi connectivity index (χ1v) is 14.6. The lowest BCUT2D eigenvalue weighted by Gasteiger charge is -2.30. The molecule has 0 saturated carbocycles. The minimum absolute atomic E-state index is 0.0444. The minimum atomic E-state index is -2.49. The Morgan fingerprint density at radius 2 is 1.73 bits per heavy atom. The van der Waals surface area contributed by atoms with Gasteiger partial charge in [-0.1, -0.05) is 43.4 Å². The van der Waals surface area contributed by atoms with Gasteiger partial charge >= 0.3 is 8.56 Å². The van der Waals surface area contributed by atoms with E-state index in [4.69, 9.17) is 8.85 Å². The van der Waals surface area contributed by atoms with Crippen molar-refractivity contribution in [2.24, 2.45) is 0 Å². The van der Waals surface area contributed by atoms with E-state index in [-0.39, 0.29) is 6.23 Å². The number of carbonyl (C=O) groups is 1. The normalized spacial score (nSPS) is 12.2. The largest absolute Gasteiger partial charge is 0.396 e.